The fraction of sp³-hybridized carbons (Fsp3) is 0.188. The minimum absolute atomic E-state index is 0.619. The maximum Gasteiger partial charge on any atom is 0.173 e. The standard InChI is InChI=1S/C16H16Cl2N2S/c1-11-4-3-5-14(8-11)19-16(21)20(2)10-12-6-7-13(17)9-15(12)18/h3-9H,10H2,1-2H3,(H,19,21). The van der Waals surface area contributed by atoms with Gasteiger partial charge in [0.1, 0.15) is 0 Å². The first-order chi connectivity index (χ1) is 9.95. The van der Waals surface area contributed by atoms with Gasteiger partial charge in [-0.05, 0) is 54.5 Å². The van der Waals surface area contributed by atoms with E-state index in [1.54, 1.807) is 6.07 Å². The van der Waals surface area contributed by atoms with Gasteiger partial charge in [-0.3, -0.25) is 0 Å². The lowest BCUT2D eigenvalue weighted by molar-refractivity contribution is 0.508. The largest absolute Gasteiger partial charge is 0.348 e. The summed E-state index contributed by atoms with van der Waals surface area (Å²) in [6.07, 6.45) is 0. The molecular formula is C16H16Cl2N2S. The zero-order chi connectivity index (χ0) is 15.4. The first kappa shape index (κ1) is 16.1. The van der Waals surface area contributed by atoms with Crippen LogP contribution in [-0.2, 0) is 6.54 Å². The second-order valence-electron chi connectivity index (χ2n) is 4.89. The molecule has 0 heterocycles. The van der Waals surface area contributed by atoms with Gasteiger partial charge in [0.05, 0.1) is 0 Å². The molecule has 0 aliphatic heterocycles. The molecule has 5 heteroatoms. The molecule has 0 unspecified atom stereocenters. The van der Waals surface area contributed by atoms with Gasteiger partial charge < -0.3 is 10.2 Å². The second kappa shape index (κ2) is 7.12. The van der Waals surface area contributed by atoms with Crippen molar-refractivity contribution in [3.8, 4) is 0 Å². The number of hydrogen-bond acceptors (Lipinski definition) is 1. The van der Waals surface area contributed by atoms with Crippen LogP contribution >= 0.6 is 35.4 Å². The summed E-state index contributed by atoms with van der Waals surface area (Å²) in [7, 11) is 1.93. The van der Waals surface area contributed by atoms with Crippen LogP contribution in [0.3, 0.4) is 0 Å². The maximum atomic E-state index is 6.18. The lowest BCUT2D eigenvalue weighted by Crippen LogP contribution is -2.30. The van der Waals surface area contributed by atoms with Crippen LogP contribution in [0.4, 0.5) is 5.69 Å². The number of hydrogen-bond donors (Lipinski definition) is 1. The monoisotopic (exact) mass is 338 g/mol. The fourth-order valence-corrected chi connectivity index (χ4v) is 2.57. The van der Waals surface area contributed by atoms with E-state index in [0.29, 0.717) is 21.7 Å². The minimum Gasteiger partial charge on any atom is -0.348 e. The Balaban J connectivity index is 2.02. The van der Waals surface area contributed by atoms with Crippen molar-refractivity contribution < 1.29 is 0 Å². The van der Waals surface area contributed by atoms with E-state index < -0.39 is 0 Å². The first-order valence-corrected chi connectivity index (χ1v) is 7.65. The molecular weight excluding hydrogens is 323 g/mol. The number of rotatable bonds is 3. The van der Waals surface area contributed by atoms with Gasteiger partial charge in [-0.15, -0.1) is 0 Å². The molecule has 1 N–H and O–H groups in total. The van der Waals surface area contributed by atoms with Crippen LogP contribution < -0.4 is 5.32 Å². The van der Waals surface area contributed by atoms with E-state index in [4.69, 9.17) is 35.4 Å². The molecule has 21 heavy (non-hydrogen) atoms. The van der Waals surface area contributed by atoms with Crippen LogP contribution in [0.25, 0.3) is 0 Å². The van der Waals surface area contributed by atoms with Crippen LogP contribution in [0.2, 0.25) is 10.0 Å². The third kappa shape index (κ3) is 4.60. The second-order valence-corrected chi connectivity index (χ2v) is 6.12. The Labute approximate surface area is 140 Å². The van der Waals surface area contributed by atoms with Crippen molar-refractivity contribution in [2.75, 3.05) is 12.4 Å². The highest BCUT2D eigenvalue weighted by Gasteiger charge is 2.08. The number of aryl methyl sites for hydroxylation is 1. The van der Waals surface area contributed by atoms with E-state index in [-0.39, 0.29) is 0 Å². The average molecular weight is 339 g/mol. The summed E-state index contributed by atoms with van der Waals surface area (Å²) in [6.45, 7) is 2.67. The molecule has 0 saturated carbocycles. The maximum absolute atomic E-state index is 6.18. The van der Waals surface area contributed by atoms with Crippen LogP contribution in [0, 0.1) is 6.92 Å². The molecule has 0 radical (unpaired) electrons. The molecule has 2 aromatic rings. The Kier molecular flexibility index (Phi) is 5.45. The van der Waals surface area contributed by atoms with E-state index in [1.807, 2.05) is 49.2 Å². The van der Waals surface area contributed by atoms with Crippen LogP contribution in [0.15, 0.2) is 42.5 Å². The van der Waals surface area contributed by atoms with Crippen molar-refractivity contribution in [3.05, 3.63) is 63.6 Å². The molecule has 2 rings (SSSR count). The van der Waals surface area contributed by atoms with Crippen LogP contribution in [-0.4, -0.2) is 17.1 Å². The number of benzene rings is 2. The minimum atomic E-state index is 0.619. The number of anilines is 1. The first-order valence-electron chi connectivity index (χ1n) is 6.48. The Morgan fingerprint density at radius 3 is 2.62 bits per heavy atom. The number of thiocarbonyl (C=S) groups is 1. The number of halogens is 2. The highest BCUT2D eigenvalue weighted by atomic mass is 35.5. The smallest absolute Gasteiger partial charge is 0.173 e. The summed E-state index contributed by atoms with van der Waals surface area (Å²) in [5.41, 5.74) is 3.15. The van der Waals surface area contributed by atoms with Gasteiger partial charge in [0.2, 0.25) is 0 Å². The normalized spacial score (nSPS) is 10.3. The van der Waals surface area contributed by atoms with Crippen molar-refractivity contribution in [2.24, 2.45) is 0 Å². The molecule has 2 aromatic carbocycles. The highest BCUT2D eigenvalue weighted by Crippen LogP contribution is 2.22. The Hall–Kier alpha value is -1.29. The summed E-state index contributed by atoms with van der Waals surface area (Å²) in [6, 6.07) is 13.6. The quantitative estimate of drug-likeness (QED) is 0.781. The molecule has 0 fully saturated rings. The number of nitrogens with zero attached hydrogens (tertiary/aromatic N) is 1. The Morgan fingerprint density at radius 1 is 1.19 bits per heavy atom. The van der Waals surface area contributed by atoms with Crippen LogP contribution in [0.5, 0.6) is 0 Å². The fourth-order valence-electron chi connectivity index (χ4n) is 1.92. The molecule has 0 amide bonds. The van der Waals surface area contributed by atoms with Crippen molar-refractivity contribution in [1.82, 2.24) is 4.90 Å². The molecule has 2 nitrogen and oxygen atoms in total. The Morgan fingerprint density at radius 2 is 1.95 bits per heavy atom. The SMILES string of the molecule is Cc1cccc(NC(=S)N(C)Cc2ccc(Cl)cc2Cl)c1. The van der Waals surface area contributed by atoms with Gasteiger partial charge in [-0.2, -0.15) is 0 Å². The molecule has 0 bridgehead atoms. The predicted molar refractivity (Wildman–Crippen MR) is 95.3 cm³/mol. The lowest BCUT2D eigenvalue weighted by atomic mass is 10.2. The van der Waals surface area contributed by atoms with E-state index in [2.05, 4.69) is 11.4 Å². The summed E-state index contributed by atoms with van der Waals surface area (Å²) in [5, 5.41) is 5.14. The zero-order valence-corrected chi connectivity index (χ0v) is 14.2. The molecule has 0 atom stereocenters. The van der Waals surface area contributed by atoms with Gasteiger partial charge in [-0.25, -0.2) is 0 Å². The van der Waals surface area contributed by atoms with Gasteiger partial charge in [-0.1, -0.05) is 41.4 Å². The van der Waals surface area contributed by atoms with Gasteiger partial charge >= 0.3 is 0 Å². The summed E-state index contributed by atoms with van der Waals surface area (Å²) >= 11 is 17.5. The predicted octanol–water partition coefficient (Wildman–Crippen LogP) is 5.13. The van der Waals surface area contributed by atoms with Crippen molar-refractivity contribution in [2.45, 2.75) is 13.5 Å². The van der Waals surface area contributed by atoms with E-state index in [0.717, 1.165) is 11.3 Å². The highest BCUT2D eigenvalue weighted by molar-refractivity contribution is 7.80. The van der Waals surface area contributed by atoms with Gasteiger partial charge in [0, 0.05) is 29.3 Å². The van der Waals surface area contributed by atoms with Crippen molar-refractivity contribution in [1.29, 1.82) is 0 Å². The summed E-state index contributed by atoms with van der Waals surface area (Å²) < 4.78 is 0. The molecule has 0 aromatic heterocycles. The zero-order valence-electron chi connectivity index (χ0n) is 11.9. The third-order valence-electron chi connectivity index (χ3n) is 3.04. The third-order valence-corrected chi connectivity index (χ3v) is 4.04. The van der Waals surface area contributed by atoms with Gasteiger partial charge in [0.15, 0.2) is 5.11 Å². The van der Waals surface area contributed by atoms with E-state index in [9.17, 15) is 0 Å². The average Bonchev–Trinajstić information content (AvgIpc) is 2.41. The van der Waals surface area contributed by atoms with Crippen molar-refractivity contribution >= 4 is 46.2 Å². The summed E-state index contributed by atoms with van der Waals surface area (Å²) in [4.78, 5) is 1.94. The lowest BCUT2D eigenvalue weighted by Gasteiger charge is -2.22. The molecule has 0 aliphatic carbocycles. The molecule has 0 spiro atoms. The van der Waals surface area contributed by atoms with Crippen molar-refractivity contribution in [3.63, 3.8) is 0 Å². The van der Waals surface area contributed by atoms with E-state index >= 15 is 0 Å². The summed E-state index contributed by atoms with van der Waals surface area (Å²) in [5.74, 6) is 0. The molecule has 0 saturated heterocycles. The molecule has 0 aliphatic rings. The van der Waals surface area contributed by atoms with Crippen LogP contribution in [0.1, 0.15) is 11.1 Å². The van der Waals surface area contributed by atoms with Gasteiger partial charge in [0.25, 0.3) is 0 Å². The number of nitrogens with one attached hydrogen (secondary N) is 1. The van der Waals surface area contributed by atoms with E-state index in [1.165, 1.54) is 5.56 Å². The molecule has 110 valence electrons. The Bertz CT molecular complexity index is 658. The topological polar surface area (TPSA) is 15.3 Å².